The summed E-state index contributed by atoms with van der Waals surface area (Å²) in [6.07, 6.45) is 5.77. The monoisotopic (exact) mass is 301 g/mol. The second kappa shape index (κ2) is 6.14. The molecule has 3 rings (SSSR count). The molecule has 0 aliphatic carbocycles. The molecule has 0 fully saturated rings. The molecule has 21 heavy (non-hydrogen) atoms. The summed E-state index contributed by atoms with van der Waals surface area (Å²) in [5, 5.41) is 8.54. The SMILES string of the molecule is CSCc1nn(-c2cc(C)ccc2C)c2c1CCCCN2. The van der Waals surface area contributed by atoms with Crippen LogP contribution in [0.5, 0.6) is 0 Å². The van der Waals surface area contributed by atoms with Crippen molar-refractivity contribution >= 4 is 17.6 Å². The first-order valence-electron chi connectivity index (χ1n) is 7.62. The van der Waals surface area contributed by atoms with E-state index < -0.39 is 0 Å². The Balaban J connectivity index is 2.15. The van der Waals surface area contributed by atoms with Crippen LogP contribution in [-0.4, -0.2) is 22.6 Å². The number of fused-ring (bicyclic) bond motifs is 1. The van der Waals surface area contributed by atoms with Gasteiger partial charge in [-0.05, 0) is 56.6 Å². The Morgan fingerprint density at radius 3 is 2.95 bits per heavy atom. The number of thioether (sulfide) groups is 1. The van der Waals surface area contributed by atoms with Gasteiger partial charge in [0.1, 0.15) is 5.82 Å². The lowest BCUT2D eigenvalue weighted by molar-refractivity contribution is 0.770. The number of hydrogen-bond acceptors (Lipinski definition) is 3. The van der Waals surface area contributed by atoms with Gasteiger partial charge in [0.15, 0.2) is 0 Å². The molecule has 3 nitrogen and oxygen atoms in total. The molecule has 1 N–H and O–H groups in total. The molecule has 0 spiro atoms. The van der Waals surface area contributed by atoms with Crippen LogP contribution >= 0.6 is 11.8 Å². The molecule has 1 aliphatic heterocycles. The number of nitrogens with zero attached hydrogens (tertiary/aromatic N) is 2. The molecular weight excluding hydrogens is 278 g/mol. The van der Waals surface area contributed by atoms with Crippen LogP contribution < -0.4 is 5.32 Å². The highest BCUT2D eigenvalue weighted by atomic mass is 32.2. The molecular formula is C17H23N3S. The number of nitrogens with one attached hydrogen (secondary N) is 1. The van der Waals surface area contributed by atoms with E-state index in [0.29, 0.717) is 0 Å². The van der Waals surface area contributed by atoms with Gasteiger partial charge in [0.05, 0.1) is 11.4 Å². The Labute approximate surface area is 131 Å². The molecule has 0 atom stereocenters. The summed E-state index contributed by atoms with van der Waals surface area (Å²) in [7, 11) is 0. The van der Waals surface area contributed by atoms with Crippen molar-refractivity contribution in [3.05, 3.63) is 40.6 Å². The first kappa shape index (κ1) is 14.5. The number of rotatable bonds is 3. The predicted molar refractivity (Wildman–Crippen MR) is 91.7 cm³/mol. The van der Waals surface area contributed by atoms with Gasteiger partial charge in [0.2, 0.25) is 0 Å². The Morgan fingerprint density at radius 1 is 1.29 bits per heavy atom. The molecule has 1 aliphatic rings. The minimum atomic E-state index is 0.988. The van der Waals surface area contributed by atoms with Crippen LogP contribution in [0.2, 0.25) is 0 Å². The maximum atomic E-state index is 4.93. The van der Waals surface area contributed by atoms with Crippen molar-refractivity contribution in [1.29, 1.82) is 0 Å². The molecule has 2 heterocycles. The van der Waals surface area contributed by atoms with E-state index in [2.05, 4.69) is 48.3 Å². The lowest BCUT2D eigenvalue weighted by Crippen LogP contribution is -2.08. The molecule has 0 saturated carbocycles. The van der Waals surface area contributed by atoms with Crippen LogP contribution in [0, 0.1) is 13.8 Å². The third-order valence-corrected chi connectivity index (χ3v) is 4.65. The highest BCUT2D eigenvalue weighted by Crippen LogP contribution is 2.30. The van der Waals surface area contributed by atoms with Gasteiger partial charge in [-0.2, -0.15) is 16.9 Å². The Hall–Kier alpha value is -1.42. The van der Waals surface area contributed by atoms with E-state index in [-0.39, 0.29) is 0 Å². The molecule has 0 bridgehead atoms. The summed E-state index contributed by atoms with van der Waals surface area (Å²) in [4.78, 5) is 0. The van der Waals surface area contributed by atoms with Crippen molar-refractivity contribution in [2.24, 2.45) is 0 Å². The predicted octanol–water partition coefficient (Wildman–Crippen LogP) is 4.10. The minimum absolute atomic E-state index is 0.988. The Bertz CT molecular complexity index is 646. The summed E-state index contributed by atoms with van der Waals surface area (Å²) in [6.45, 7) is 5.34. The number of anilines is 1. The third kappa shape index (κ3) is 2.82. The smallest absolute Gasteiger partial charge is 0.133 e. The van der Waals surface area contributed by atoms with Gasteiger partial charge in [-0.25, -0.2) is 4.68 Å². The zero-order valence-electron chi connectivity index (χ0n) is 13.1. The summed E-state index contributed by atoms with van der Waals surface area (Å²) in [5.74, 6) is 2.20. The fraction of sp³-hybridized carbons (Fsp3) is 0.471. The molecule has 112 valence electrons. The third-order valence-electron chi connectivity index (χ3n) is 4.09. The second-order valence-corrected chi connectivity index (χ2v) is 6.66. The van der Waals surface area contributed by atoms with Gasteiger partial charge < -0.3 is 5.32 Å². The quantitative estimate of drug-likeness (QED) is 0.925. The van der Waals surface area contributed by atoms with Crippen molar-refractivity contribution in [3.63, 3.8) is 0 Å². The molecule has 4 heteroatoms. The van der Waals surface area contributed by atoms with E-state index >= 15 is 0 Å². The van der Waals surface area contributed by atoms with Crippen LogP contribution in [0.1, 0.15) is 35.2 Å². The normalized spacial score (nSPS) is 14.4. The van der Waals surface area contributed by atoms with E-state index in [1.165, 1.54) is 46.7 Å². The molecule has 1 aromatic heterocycles. The number of aromatic nitrogens is 2. The molecule has 2 aromatic rings. The van der Waals surface area contributed by atoms with E-state index in [0.717, 1.165) is 18.7 Å². The summed E-state index contributed by atoms with van der Waals surface area (Å²) < 4.78 is 2.13. The maximum absolute atomic E-state index is 4.93. The van der Waals surface area contributed by atoms with Gasteiger partial charge in [0.25, 0.3) is 0 Å². The topological polar surface area (TPSA) is 29.9 Å². The zero-order chi connectivity index (χ0) is 14.8. The van der Waals surface area contributed by atoms with Crippen molar-refractivity contribution < 1.29 is 0 Å². The van der Waals surface area contributed by atoms with E-state index in [1.54, 1.807) is 0 Å². The van der Waals surface area contributed by atoms with E-state index in [4.69, 9.17) is 5.10 Å². The summed E-state index contributed by atoms with van der Waals surface area (Å²) in [5.41, 5.74) is 6.41. The lowest BCUT2D eigenvalue weighted by Gasteiger charge is -2.12. The average Bonchev–Trinajstić information content (AvgIpc) is 2.66. The van der Waals surface area contributed by atoms with Crippen LogP contribution in [0.3, 0.4) is 0 Å². The highest BCUT2D eigenvalue weighted by Gasteiger charge is 2.20. The Kier molecular flexibility index (Phi) is 4.24. The fourth-order valence-electron chi connectivity index (χ4n) is 2.95. The largest absolute Gasteiger partial charge is 0.370 e. The van der Waals surface area contributed by atoms with Crippen molar-refractivity contribution in [1.82, 2.24) is 9.78 Å². The summed E-state index contributed by atoms with van der Waals surface area (Å²) >= 11 is 1.85. The van der Waals surface area contributed by atoms with Crippen molar-refractivity contribution in [2.75, 3.05) is 18.1 Å². The van der Waals surface area contributed by atoms with Crippen LogP contribution in [-0.2, 0) is 12.2 Å². The number of benzene rings is 1. The van der Waals surface area contributed by atoms with Crippen molar-refractivity contribution in [2.45, 2.75) is 38.9 Å². The molecule has 1 aromatic carbocycles. The fourth-order valence-corrected chi connectivity index (χ4v) is 3.45. The van der Waals surface area contributed by atoms with Gasteiger partial charge >= 0.3 is 0 Å². The van der Waals surface area contributed by atoms with Gasteiger partial charge in [-0.1, -0.05) is 12.1 Å². The minimum Gasteiger partial charge on any atom is -0.370 e. The highest BCUT2D eigenvalue weighted by molar-refractivity contribution is 7.97. The first-order valence-corrected chi connectivity index (χ1v) is 9.01. The summed E-state index contributed by atoms with van der Waals surface area (Å²) in [6, 6.07) is 6.58. The molecule has 0 radical (unpaired) electrons. The van der Waals surface area contributed by atoms with Gasteiger partial charge in [-0.15, -0.1) is 0 Å². The molecule has 0 saturated heterocycles. The molecule has 0 amide bonds. The Morgan fingerprint density at radius 2 is 2.14 bits per heavy atom. The van der Waals surface area contributed by atoms with E-state index in [9.17, 15) is 0 Å². The van der Waals surface area contributed by atoms with Crippen LogP contribution in [0.15, 0.2) is 18.2 Å². The standard InChI is InChI=1S/C17H23N3S/c1-12-7-8-13(2)16(10-12)20-17-14(6-4-5-9-18-17)15(19-20)11-21-3/h7-8,10,18H,4-6,9,11H2,1-3H3. The van der Waals surface area contributed by atoms with Gasteiger partial charge in [-0.3, -0.25) is 0 Å². The maximum Gasteiger partial charge on any atom is 0.133 e. The van der Waals surface area contributed by atoms with Crippen LogP contribution in [0.25, 0.3) is 5.69 Å². The van der Waals surface area contributed by atoms with Crippen LogP contribution in [0.4, 0.5) is 5.82 Å². The number of aryl methyl sites for hydroxylation is 2. The average molecular weight is 301 g/mol. The second-order valence-electron chi connectivity index (χ2n) is 5.79. The number of hydrogen-bond donors (Lipinski definition) is 1. The van der Waals surface area contributed by atoms with E-state index in [1.807, 2.05) is 11.8 Å². The first-order chi connectivity index (χ1) is 10.2. The lowest BCUT2D eigenvalue weighted by atomic mass is 10.1. The molecule has 0 unspecified atom stereocenters. The van der Waals surface area contributed by atoms with Crippen molar-refractivity contribution in [3.8, 4) is 5.69 Å². The van der Waals surface area contributed by atoms with Gasteiger partial charge in [0, 0.05) is 17.9 Å². The zero-order valence-corrected chi connectivity index (χ0v) is 13.9.